The molecule has 114 valence electrons. The van der Waals surface area contributed by atoms with E-state index in [-0.39, 0.29) is 0 Å². The summed E-state index contributed by atoms with van der Waals surface area (Å²) in [5.41, 5.74) is 2.79. The van der Waals surface area contributed by atoms with Crippen molar-refractivity contribution in [1.82, 2.24) is 10.2 Å². The summed E-state index contributed by atoms with van der Waals surface area (Å²) in [6.45, 7) is 9.31. The summed E-state index contributed by atoms with van der Waals surface area (Å²) in [4.78, 5) is 2.28. The molecule has 0 bridgehead atoms. The fourth-order valence-electron chi connectivity index (χ4n) is 2.13. The van der Waals surface area contributed by atoms with Gasteiger partial charge in [0.1, 0.15) is 0 Å². The monoisotopic (exact) mass is 278 g/mol. The van der Waals surface area contributed by atoms with Crippen LogP contribution in [0.3, 0.4) is 0 Å². The summed E-state index contributed by atoms with van der Waals surface area (Å²) in [6, 6.07) is 8.97. The number of hydrogen-bond acceptors (Lipinski definition) is 3. The third-order valence-electron chi connectivity index (χ3n) is 3.34. The van der Waals surface area contributed by atoms with Gasteiger partial charge in [0.2, 0.25) is 0 Å². The summed E-state index contributed by atoms with van der Waals surface area (Å²) in [5, 5.41) is 3.49. The van der Waals surface area contributed by atoms with Crippen molar-refractivity contribution in [2.24, 2.45) is 5.92 Å². The average molecular weight is 278 g/mol. The van der Waals surface area contributed by atoms with Crippen molar-refractivity contribution in [2.75, 3.05) is 40.4 Å². The van der Waals surface area contributed by atoms with Gasteiger partial charge in [-0.25, -0.2) is 0 Å². The van der Waals surface area contributed by atoms with Crippen LogP contribution in [-0.4, -0.2) is 45.3 Å². The molecule has 1 aromatic rings. The molecule has 1 aromatic carbocycles. The van der Waals surface area contributed by atoms with Gasteiger partial charge in [0.05, 0.1) is 6.61 Å². The lowest BCUT2D eigenvalue weighted by Gasteiger charge is -2.16. The Balaban J connectivity index is 2.18. The van der Waals surface area contributed by atoms with Gasteiger partial charge in [-0.3, -0.25) is 0 Å². The molecule has 0 aromatic heterocycles. The van der Waals surface area contributed by atoms with Gasteiger partial charge in [-0.15, -0.1) is 0 Å². The minimum absolute atomic E-state index is 0.724. The highest BCUT2D eigenvalue weighted by molar-refractivity contribution is 5.22. The van der Waals surface area contributed by atoms with Crippen LogP contribution in [0.25, 0.3) is 0 Å². The van der Waals surface area contributed by atoms with Gasteiger partial charge in [-0.2, -0.15) is 0 Å². The lowest BCUT2D eigenvalue weighted by atomic mass is 10.0. The molecule has 20 heavy (non-hydrogen) atoms. The standard InChI is InChI=1S/C17H30N2O/c1-15(2)13-16-5-7-17(8-6-16)14-18-9-10-19(3)11-12-20-4/h5-8,15,18H,9-14H2,1-4H3. The number of methoxy groups -OCH3 is 1. The second kappa shape index (κ2) is 9.92. The van der Waals surface area contributed by atoms with E-state index < -0.39 is 0 Å². The number of nitrogens with one attached hydrogen (secondary N) is 1. The summed E-state index contributed by atoms with van der Waals surface area (Å²) >= 11 is 0. The molecule has 0 spiro atoms. The fraction of sp³-hybridized carbons (Fsp3) is 0.647. The molecule has 1 N–H and O–H groups in total. The van der Waals surface area contributed by atoms with E-state index in [9.17, 15) is 0 Å². The second-order valence-electron chi connectivity index (χ2n) is 5.89. The molecular weight excluding hydrogens is 248 g/mol. The number of rotatable bonds is 10. The van der Waals surface area contributed by atoms with E-state index in [0.717, 1.165) is 45.1 Å². The number of benzene rings is 1. The maximum absolute atomic E-state index is 5.06. The third kappa shape index (κ3) is 7.63. The lowest BCUT2D eigenvalue weighted by Crippen LogP contribution is -2.31. The highest BCUT2D eigenvalue weighted by Gasteiger charge is 1.99. The lowest BCUT2D eigenvalue weighted by molar-refractivity contribution is 0.161. The smallest absolute Gasteiger partial charge is 0.0589 e. The predicted molar refractivity (Wildman–Crippen MR) is 86.1 cm³/mol. The number of ether oxygens (including phenoxy) is 1. The topological polar surface area (TPSA) is 24.5 Å². The van der Waals surface area contributed by atoms with Crippen molar-refractivity contribution in [3.63, 3.8) is 0 Å². The van der Waals surface area contributed by atoms with Gasteiger partial charge in [0.15, 0.2) is 0 Å². The van der Waals surface area contributed by atoms with E-state index in [0.29, 0.717) is 0 Å². The van der Waals surface area contributed by atoms with Crippen LogP contribution in [0.5, 0.6) is 0 Å². The summed E-state index contributed by atoms with van der Waals surface area (Å²) in [7, 11) is 3.87. The minimum Gasteiger partial charge on any atom is -0.383 e. The number of nitrogens with zero attached hydrogens (tertiary/aromatic N) is 1. The first-order valence-electron chi connectivity index (χ1n) is 7.58. The molecule has 0 saturated heterocycles. The van der Waals surface area contributed by atoms with Gasteiger partial charge in [0.25, 0.3) is 0 Å². The SMILES string of the molecule is COCCN(C)CCNCc1ccc(CC(C)C)cc1. The number of hydrogen-bond donors (Lipinski definition) is 1. The highest BCUT2D eigenvalue weighted by atomic mass is 16.5. The van der Waals surface area contributed by atoms with E-state index in [1.54, 1.807) is 7.11 Å². The minimum atomic E-state index is 0.724. The Kier molecular flexibility index (Phi) is 8.51. The van der Waals surface area contributed by atoms with Crippen LogP contribution >= 0.6 is 0 Å². The second-order valence-corrected chi connectivity index (χ2v) is 5.89. The molecule has 0 amide bonds. The normalized spacial score (nSPS) is 11.5. The van der Waals surface area contributed by atoms with Crippen molar-refractivity contribution >= 4 is 0 Å². The third-order valence-corrected chi connectivity index (χ3v) is 3.34. The average Bonchev–Trinajstić information content (AvgIpc) is 2.42. The van der Waals surface area contributed by atoms with E-state index in [1.165, 1.54) is 11.1 Å². The van der Waals surface area contributed by atoms with Gasteiger partial charge in [0, 0.05) is 33.3 Å². The molecule has 0 aliphatic rings. The highest BCUT2D eigenvalue weighted by Crippen LogP contribution is 2.09. The van der Waals surface area contributed by atoms with Crippen LogP contribution in [-0.2, 0) is 17.7 Å². The first-order valence-corrected chi connectivity index (χ1v) is 7.58. The van der Waals surface area contributed by atoms with Crippen molar-refractivity contribution in [2.45, 2.75) is 26.8 Å². The van der Waals surface area contributed by atoms with E-state index in [1.807, 2.05) is 0 Å². The zero-order valence-corrected chi connectivity index (χ0v) is 13.5. The quantitative estimate of drug-likeness (QED) is 0.666. The van der Waals surface area contributed by atoms with Crippen molar-refractivity contribution in [1.29, 1.82) is 0 Å². The maximum Gasteiger partial charge on any atom is 0.0589 e. The van der Waals surface area contributed by atoms with Crippen LogP contribution in [0.2, 0.25) is 0 Å². The molecule has 0 radical (unpaired) electrons. The first-order chi connectivity index (χ1) is 9.61. The Morgan fingerprint density at radius 1 is 1.10 bits per heavy atom. The van der Waals surface area contributed by atoms with Gasteiger partial charge >= 0.3 is 0 Å². The van der Waals surface area contributed by atoms with Crippen LogP contribution in [0, 0.1) is 5.92 Å². The molecular formula is C17H30N2O. The Hall–Kier alpha value is -0.900. The largest absolute Gasteiger partial charge is 0.383 e. The molecule has 0 atom stereocenters. The predicted octanol–water partition coefficient (Wildman–Crippen LogP) is 2.55. The summed E-state index contributed by atoms with van der Waals surface area (Å²) in [5.74, 6) is 0.724. The molecule has 0 fully saturated rings. The molecule has 0 aliphatic heterocycles. The Morgan fingerprint density at radius 3 is 2.35 bits per heavy atom. The van der Waals surface area contributed by atoms with Crippen molar-refractivity contribution in [3.05, 3.63) is 35.4 Å². The molecule has 0 unspecified atom stereocenters. The molecule has 0 saturated carbocycles. The van der Waals surface area contributed by atoms with Crippen molar-refractivity contribution in [3.8, 4) is 0 Å². The maximum atomic E-state index is 5.06. The van der Waals surface area contributed by atoms with Gasteiger partial charge in [-0.05, 0) is 30.5 Å². The molecule has 1 rings (SSSR count). The van der Waals surface area contributed by atoms with Crippen LogP contribution < -0.4 is 5.32 Å². The molecule has 0 aliphatic carbocycles. The molecule has 3 nitrogen and oxygen atoms in total. The fourth-order valence-corrected chi connectivity index (χ4v) is 2.13. The Bertz CT molecular complexity index is 349. The molecule has 3 heteroatoms. The first kappa shape index (κ1) is 17.2. The van der Waals surface area contributed by atoms with Gasteiger partial charge < -0.3 is 15.0 Å². The summed E-state index contributed by atoms with van der Waals surface area (Å²) < 4.78 is 5.06. The van der Waals surface area contributed by atoms with E-state index in [4.69, 9.17) is 4.74 Å². The Morgan fingerprint density at radius 2 is 1.75 bits per heavy atom. The Labute approximate surface area is 124 Å². The van der Waals surface area contributed by atoms with Gasteiger partial charge in [-0.1, -0.05) is 38.1 Å². The molecule has 0 heterocycles. The van der Waals surface area contributed by atoms with E-state index >= 15 is 0 Å². The zero-order valence-electron chi connectivity index (χ0n) is 13.5. The number of likely N-dealkylation sites (N-methyl/N-ethyl adjacent to an activating group) is 1. The van der Waals surface area contributed by atoms with Crippen LogP contribution in [0.4, 0.5) is 0 Å². The van der Waals surface area contributed by atoms with Crippen LogP contribution in [0.15, 0.2) is 24.3 Å². The van der Waals surface area contributed by atoms with Crippen LogP contribution in [0.1, 0.15) is 25.0 Å². The zero-order chi connectivity index (χ0) is 14.8. The van der Waals surface area contributed by atoms with E-state index in [2.05, 4.69) is 55.4 Å². The summed E-state index contributed by atoms with van der Waals surface area (Å²) in [6.07, 6.45) is 1.16. The van der Waals surface area contributed by atoms with Crippen molar-refractivity contribution < 1.29 is 4.74 Å².